The van der Waals surface area contributed by atoms with E-state index in [0.717, 1.165) is 11.4 Å². The van der Waals surface area contributed by atoms with Gasteiger partial charge in [0, 0.05) is 17.9 Å². The molecule has 1 aliphatic carbocycles. The Labute approximate surface area is 141 Å². The highest BCUT2D eigenvalue weighted by Gasteiger charge is 2.48. The number of para-hydroxylation sites is 1. The van der Waals surface area contributed by atoms with Crippen LogP contribution in [-0.4, -0.2) is 11.7 Å². The third kappa shape index (κ3) is 2.90. The molecule has 1 amide bonds. The average molecular weight is 323 g/mol. The lowest BCUT2D eigenvalue weighted by molar-refractivity contribution is -0.119. The zero-order valence-electron chi connectivity index (χ0n) is 13.4. The standard InChI is InChI=1S/C20H21NOS/c1-15-6-5-7-16(12-15)19-21(17-8-3-2-4-9-17)18(22)13-20(10-11-20)14-23-19/h2-9,12,19H,10-11,13-14H2,1H3. The van der Waals surface area contributed by atoms with Crippen molar-refractivity contribution in [3.05, 3.63) is 65.7 Å². The van der Waals surface area contributed by atoms with E-state index in [4.69, 9.17) is 0 Å². The molecular weight excluding hydrogens is 302 g/mol. The monoisotopic (exact) mass is 323 g/mol. The van der Waals surface area contributed by atoms with Crippen LogP contribution in [0.2, 0.25) is 0 Å². The summed E-state index contributed by atoms with van der Waals surface area (Å²) in [6, 6.07) is 18.7. The van der Waals surface area contributed by atoms with Crippen LogP contribution in [0, 0.1) is 12.3 Å². The summed E-state index contributed by atoms with van der Waals surface area (Å²) in [5.41, 5.74) is 3.75. The molecule has 1 heterocycles. The third-order valence-corrected chi connectivity index (χ3v) is 6.47. The van der Waals surface area contributed by atoms with Gasteiger partial charge >= 0.3 is 0 Å². The number of rotatable bonds is 2. The molecule has 0 radical (unpaired) electrons. The van der Waals surface area contributed by atoms with Crippen molar-refractivity contribution < 1.29 is 4.79 Å². The van der Waals surface area contributed by atoms with Gasteiger partial charge in [-0.1, -0.05) is 48.0 Å². The zero-order valence-corrected chi connectivity index (χ0v) is 14.2. The van der Waals surface area contributed by atoms with E-state index in [1.807, 2.05) is 47.0 Å². The zero-order chi connectivity index (χ0) is 15.9. The summed E-state index contributed by atoms with van der Waals surface area (Å²) in [5, 5.41) is 0.0739. The Morgan fingerprint density at radius 3 is 2.57 bits per heavy atom. The fourth-order valence-electron chi connectivity index (χ4n) is 3.35. The lowest BCUT2D eigenvalue weighted by atomic mass is 10.0. The maximum atomic E-state index is 13.1. The molecule has 2 aromatic rings. The summed E-state index contributed by atoms with van der Waals surface area (Å²) in [5.74, 6) is 1.35. The minimum absolute atomic E-state index is 0.0739. The normalized spacial score (nSPS) is 22.9. The molecule has 23 heavy (non-hydrogen) atoms. The Balaban J connectivity index is 1.77. The Hall–Kier alpha value is -1.74. The van der Waals surface area contributed by atoms with Gasteiger partial charge in [0.1, 0.15) is 5.37 Å². The van der Waals surface area contributed by atoms with Gasteiger partial charge in [-0.15, -0.1) is 11.8 Å². The molecular formula is C20H21NOS. The predicted octanol–water partition coefficient (Wildman–Crippen LogP) is 4.94. The van der Waals surface area contributed by atoms with Crippen LogP contribution in [0.25, 0.3) is 0 Å². The number of nitrogens with zero attached hydrogens (tertiary/aromatic N) is 1. The van der Waals surface area contributed by atoms with Crippen molar-refractivity contribution in [2.75, 3.05) is 10.7 Å². The van der Waals surface area contributed by atoms with Gasteiger partial charge in [-0.2, -0.15) is 0 Å². The first kappa shape index (κ1) is 14.8. The first-order valence-electron chi connectivity index (χ1n) is 8.22. The summed E-state index contributed by atoms with van der Waals surface area (Å²) < 4.78 is 0. The van der Waals surface area contributed by atoms with Gasteiger partial charge < -0.3 is 0 Å². The van der Waals surface area contributed by atoms with E-state index in [1.54, 1.807) is 0 Å². The first-order chi connectivity index (χ1) is 11.2. The number of anilines is 1. The maximum absolute atomic E-state index is 13.1. The Morgan fingerprint density at radius 1 is 1.09 bits per heavy atom. The highest BCUT2D eigenvalue weighted by molar-refractivity contribution is 7.99. The quantitative estimate of drug-likeness (QED) is 0.780. The molecule has 1 spiro atoms. The van der Waals surface area contributed by atoms with Crippen LogP contribution in [0.5, 0.6) is 0 Å². The molecule has 118 valence electrons. The van der Waals surface area contributed by atoms with Crippen molar-refractivity contribution in [3.63, 3.8) is 0 Å². The van der Waals surface area contributed by atoms with E-state index in [2.05, 4.69) is 31.2 Å². The number of hydrogen-bond donors (Lipinski definition) is 0. The lowest BCUT2D eigenvalue weighted by Crippen LogP contribution is -2.32. The number of carbonyl (C=O) groups excluding carboxylic acids is 1. The highest BCUT2D eigenvalue weighted by atomic mass is 32.2. The Morgan fingerprint density at radius 2 is 1.87 bits per heavy atom. The summed E-state index contributed by atoms with van der Waals surface area (Å²) >= 11 is 1.93. The van der Waals surface area contributed by atoms with Crippen LogP contribution in [0.15, 0.2) is 54.6 Å². The van der Waals surface area contributed by atoms with Crippen LogP contribution in [-0.2, 0) is 4.79 Å². The topological polar surface area (TPSA) is 20.3 Å². The first-order valence-corrected chi connectivity index (χ1v) is 9.27. The molecule has 2 aromatic carbocycles. The molecule has 1 saturated carbocycles. The average Bonchev–Trinajstić information content (AvgIpc) is 3.33. The van der Waals surface area contributed by atoms with Crippen LogP contribution in [0.1, 0.15) is 35.8 Å². The summed E-state index contributed by atoms with van der Waals surface area (Å²) in [6.07, 6.45) is 3.10. The van der Waals surface area contributed by atoms with E-state index < -0.39 is 0 Å². The molecule has 2 nitrogen and oxygen atoms in total. The van der Waals surface area contributed by atoms with Crippen LogP contribution in [0.3, 0.4) is 0 Å². The number of aryl methyl sites for hydroxylation is 1. The van der Waals surface area contributed by atoms with Crippen LogP contribution >= 0.6 is 11.8 Å². The van der Waals surface area contributed by atoms with Crippen molar-refractivity contribution in [1.82, 2.24) is 0 Å². The maximum Gasteiger partial charge on any atom is 0.228 e. The second-order valence-corrected chi connectivity index (χ2v) is 7.92. The lowest BCUT2D eigenvalue weighted by Gasteiger charge is -2.30. The SMILES string of the molecule is Cc1cccc(C2SCC3(CC3)CC(=O)N2c2ccccc2)c1. The van der Waals surface area contributed by atoms with E-state index in [-0.39, 0.29) is 16.7 Å². The van der Waals surface area contributed by atoms with Gasteiger partial charge in [0.05, 0.1) is 0 Å². The third-order valence-electron chi connectivity index (χ3n) is 4.90. The van der Waals surface area contributed by atoms with E-state index in [1.165, 1.54) is 24.0 Å². The van der Waals surface area contributed by atoms with Crippen LogP contribution in [0.4, 0.5) is 5.69 Å². The molecule has 0 aromatic heterocycles. The number of thioether (sulfide) groups is 1. The molecule has 2 fully saturated rings. The van der Waals surface area contributed by atoms with Gasteiger partial charge in [0.2, 0.25) is 5.91 Å². The summed E-state index contributed by atoms with van der Waals surface area (Å²) in [6.45, 7) is 2.11. The number of carbonyl (C=O) groups is 1. The number of benzene rings is 2. The summed E-state index contributed by atoms with van der Waals surface area (Å²) in [7, 11) is 0. The van der Waals surface area contributed by atoms with Gasteiger partial charge in [-0.3, -0.25) is 9.69 Å². The van der Waals surface area contributed by atoms with Crippen molar-refractivity contribution in [1.29, 1.82) is 0 Å². The molecule has 2 aliphatic rings. The van der Waals surface area contributed by atoms with E-state index in [9.17, 15) is 4.79 Å². The van der Waals surface area contributed by atoms with E-state index >= 15 is 0 Å². The minimum atomic E-state index is 0.0739. The molecule has 0 N–H and O–H groups in total. The molecule has 3 heteroatoms. The van der Waals surface area contributed by atoms with Crippen molar-refractivity contribution in [2.24, 2.45) is 5.41 Å². The molecule has 1 atom stereocenters. The van der Waals surface area contributed by atoms with Gasteiger partial charge in [-0.05, 0) is 42.9 Å². The van der Waals surface area contributed by atoms with Gasteiger partial charge in [0.15, 0.2) is 0 Å². The fourth-order valence-corrected chi connectivity index (χ4v) is 4.98. The predicted molar refractivity (Wildman–Crippen MR) is 96.6 cm³/mol. The molecule has 4 rings (SSSR count). The largest absolute Gasteiger partial charge is 0.296 e. The fraction of sp³-hybridized carbons (Fsp3) is 0.350. The smallest absolute Gasteiger partial charge is 0.228 e. The van der Waals surface area contributed by atoms with Crippen molar-refractivity contribution >= 4 is 23.4 Å². The Bertz CT molecular complexity index is 723. The van der Waals surface area contributed by atoms with Crippen molar-refractivity contribution in [3.8, 4) is 0 Å². The Kier molecular flexibility index (Phi) is 3.68. The van der Waals surface area contributed by atoms with Crippen LogP contribution < -0.4 is 4.90 Å². The molecule has 0 bridgehead atoms. The molecule has 1 aliphatic heterocycles. The highest BCUT2D eigenvalue weighted by Crippen LogP contribution is 2.56. The molecule has 1 saturated heterocycles. The van der Waals surface area contributed by atoms with Crippen molar-refractivity contribution in [2.45, 2.75) is 31.6 Å². The number of amides is 1. The summed E-state index contributed by atoms with van der Waals surface area (Å²) in [4.78, 5) is 15.1. The van der Waals surface area contributed by atoms with Gasteiger partial charge in [0.25, 0.3) is 0 Å². The minimum Gasteiger partial charge on any atom is -0.296 e. The van der Waals surface area contributed by atoms with Gasteiger partial charge in [-0.25, -0.2) is 0 Å². The second kappa shape index (κ2) is 5.72. The number of hydrogen-bond acceptors (Lipinski definition) is 2. The molecule has 1 unspecified atom stereocenters. The second-order valence-electron chi connectivity index (χ2n) is 6.85. The van der Waals surface area contributed by atoms with E-state index in [0.29, 0.717) is 6.42 Å².